The molecule has 0 saturated heterocycles. The number of carboxylic acid groups (broad SMARTS) is 1. The average Bonchev–Trinajstić information content (AvgIpc) is 3.27. The summed E-state index contributed by atoms with van der Waals surface area (Å²) >= 11 is 6.12. The van der Waals surface area contributed by atoms with Crippen molar-refractivity contribution in [3.8, 4) is 5.88 Å². The maximum atomic E-state index is 12.5. The van der Waals surface area contributed by atoms with Crippen LogP contribution in [0.2, 0.25) is 5.02 Å². The molecule has 2 rings (SSSR count). The molecule has 1 amide bonds. The van der Waals surface area contributed by atoms with Crippen molar-refractivity contribution in [2.24, 2.45) is 11.8 Å². The number of aliphatic carboxylic acids is 1. The fourth-order valence-corrected chi connectivity index (χ4v) is 2.36. The predicted molar refractivity (Wildman–Crippen MR) is 85.8 cm³/mol. The van der Waals surface area contributed by atoms with E-state index >= 15 is 0 Å². The highest BCUT2D eigenvalue weighted by molar-refractivity contribution is 6.32. The van der Waals surface area contributed by atoms with Crippen molar-refractivity contribution in [1.29, 1.82) is 0 Å². The Labute approximate surface area is 140 Å². The summed E-state index contributed by atoms with van der Waals surface area (Å²) in [7, 11) is 0. The van der Waals surface area contributed by atoms with Crippen LogP contribution >= 0.6 is 11.6 Å². The normalized spacial score (nSPS) is 13.9. The second-order valence-electron chi connectivity index (χ2n) is 6.24. The van der Waals surface area contributed by atoms with Gasteiger partial charge in [0, 0.05) is 12.7 Å². The summed E-state index contributed by atoms with van der Waals surface area (Å²) in [5, 5.41) is 9.22. The molecule has 1 fully saturated rings. The van der Waals surface area contributed by atoms with E-state index in [-0.39, 0.29) is 23.0 Å². The fourth-order valence-electron chi connectivity index (χ4n) is 2.14. The summed E-state index contributed by atoms with van der Waals surface area (Å²) in [4.78, 5) is 28.8. The van der Waals surface area contributed by atoms with Gasteiger partial charge in [-0.25, -0.2) is 4.98 Å². The average molecular weight is 341 g/mol. The topological polar surface area (TPSA) is 79.7 Å². The number of ether oxygens (including phenoxy) is 1. The lowest BCUT2D eigenvalue weighted by Gasteiger charge is -2.22. The molecular formula is C16H21ClN2O4. The van der Waals surface area contributed by atoms with Crippen molar-refractivity contribution >= 4 is 23.5 Å². The van der Waals surface area contributed by atoms with E-state index in [1.165, 1.54) is 17.2 Å². The van der Waals surface area contributed by atoms with Crippen molar-refractivity contribution in [3.05, 3.63) is 22.8 Å². The molecule has 0 atom stereocenters. The van der Waals surface area contributed by atoms with E-state index in [0.29, 0.717) is 24.9 Å². The number of carbonyl (C=O) groups is 2. The minimum atomic E-state index is -1.05. The monoisotopic (exact) mass is 340 g/mol. The van der Waals surface area contributed by atoms with Gasteiger partial charge in [-0.15, -0.1) is 0 Å². The molecule has 126 valence electrons. The lowest BCUT2D eigenvalue weighted by atomic mass is 10.1. The largest absolute Gasteiger partial charge is 0.480 e. The number of carboxylic acids is 1. The minimum absolute atomic E-state index is 0.155. The smallest absolute Gasteiger partial charge is 0.323 e. The molecule has 0 unspecified atom stereocenters. The summed E-state index contributed by atoms with van der Waals surface area (Å²) in [6.45, 7) is 4.42. The maximum absolute atomic E-state index is 12.5. The molecule has 1 aliphatic rings. The summed E-state index contributed by atoms with van der Waals surface area (Å²) < 4.78 is 5.52. The summed E-state index contributed by atoms with van der Waals surface area (Å²) in [5.74, 6) is -0.412. The first-order valence-electron chi connectivity index (χ1n) is 7.66. The van der Waals surface area contributed by atoms with Crippen molar-refractivity contribution in [1.82, 2.24) is 9.88 Å². The zero-order chi connectivity index (χ0) is 17.0. The standard InChI is InChI=1S/C16H21ClN2O4/c1-10(2)7-19(8-14(20)21)16(22)12-5-13(17)15(18-6-12)23-9-11-3-4-11/h5-6,10-11H,3-4,7-9H2,1-2H3,(H,20,21). The van der Waals surface area contributed by atoms with Gasteiger partial charge in [0.15, 0.2) is 0 Å². The van der Waals surface area contributed by atoms with Gasteiger partial charge in [-0.2, -0.15) is 0 Å². The van der Waals surface area contributed by atoms with E-state index < -0.39 is 11.9 Å². The molecule has 1 aromatic rings. The van der Waals surface area contributed by atoms with Crippen LogP contribution in [-0.2, 0) is 4.79 Å². The second kappa shape index (κ2) is 7.64. The zero-order valence-corrected chi connectivity index (χ0v) is 14.0. The molecule has 0 aliphatic heterocycles. The van der Waals surface area contributed by atoms with Crippen molar-refractivity contribution < 1.29 is 19.4 Å². The van der Waals surface area contributed by atoms with Crippen LogP contribution in [0.4, 0.5) is 0 Å². The highest BCUT2D eigenvalue weighted by Gasteiger charge is 2.24. The fraction of sp³-hybridized carbons (Fsp3) is 0.562. The molecule has 0 aromatic carbocycles. The van der Waals surface area contributed by atoms with Crippen LogP contribution in [0, 0.1) is 11.8 Å². The number of rotatable bonds is 8. The number of pyridine rings is 1. The van der Waals surface area contributed by atoms with Crippen LogP contribution in [0.1, 0.15) is 37.0 Å². The molecule has 1 saturated carbocycles. The number of aromatic nitrogens is 1. The van der Waals surface area contributed by atoms with Crippen LogP contribution in [0.5, 0.6) is 5.88 Å². The Bertz CT molecular complexity index is 587. The molecule has 7 heteroatoms. The summed E-state index contributed by atoms with van der Waals surface area (Å²) in [6, 6.07) is 1.48. The first kappa shape index (κ1) is 17.5. The molecule has 1 N–H and O–H groups in total. The number of carbonyl (C=O) groups excluding carboxylic acids is 1. The van der Waals surface area contributed by atoms with Gasteiger partial charge < -0.3 is 14.7 Å². The van der Waals surface area contributed by atoms with Crippen LogP contribution < -0.4 is 4.74 Å². The SMILES string of the molecule is CC(C)CN(CC(=O)O)C(=O)c1cnc(OCC2CC2)c(Cl)c1. The van der Waals surface area contributed by atoms with Crippen LogP contribution in [0.25, 0.3) is 0 Å². The minimum Gasteiger partial charge on any atom is -0.480 e. The van der Waals surface area contributed by atoms with Crippen LogP contribution in [0.15, 0.2) is 12.3 Å². The summed E-state index contributed by atoms with van der Waals surface area (Å²) in [6.07, 6.45) is 3.70. The van der Waals surface area contributed by atoms with Gasteiger partial charge in [0.05, 0.1) is 12.2 Å². The molecule has 0 radical (unpaired) electrons. The third kappa shape index (κ3) is 5.39. The van der Waals surface area contributed by atoms with E-state index in [9.17, 15) is 9.59 Å². The Morgan fingerprint density at radius 1 is 1.48 bits per heavy atom. The molecule has 1 aliphatic carbocycles. The Balaban J connectivity index is 2.09. The van der Waals surface area contributed by atoms with Gasteiger partial charge in [-0.05, 0) is 30.7 Å². The summed E-state index contributed by atoms with van der Waals surface area (Å²) in [5.41, 5.74) is 0.260. The maximum Gasteiger partial charge on any atom is 0.323 e. The highest BCUT2D eigenvalue weighted by atomic mass is 35.5. The molecular weight excluding hydrogens is 320 g/mol. The Hall–Kier alpha value is -1.82. The predicted octanol–water partition coefficient (Wildman–Crippen LogP) is 2.71. The number of amides is 1. The number of hydrogen-bond acceptors (Lipinski definition) is 4. The van der Waals surface area contributed by atoms with Gasteiger partial charge in [0.1, 0.15) is 11.6 Å². The van der Waals surface area contributed by atoms with Crippen LogP contribution in [-0.4, -0.2) is 46.6 Å². The zero-order valence-electron chi connectivity index (χ0n) is 13.3. The number of nitrogens with zero attached hydrogens (tertiary/aromatic N) is 2. The third-order valence-electron chi connectivity index (χ3n) is 3.41. The molecule has 23 heavy (non-hydrogen) atoms. The van der Waals surface area contributed by atoms with Gasteiger partial charge in [-0.1, -0.05) is 25.4 Å². The van der Waals surface area contributed by atoms with Crippen molar-refractivity contribution in [2.45, 2.75) is 26.7 Å². The lowest BCUT2D eigenvalue weighted by Crippen LogP contribution is -2.38. The second-order valence-corrected chi connectivity index (χ2v) is 6.65. The molecule has 0 bridgehead atoms. The Morgan fingerprint density at radius 2 is 2.17 bits per heavy atom. The van der Waals surface area contributed by atoms with Gasteiger partial charge in [0.2, 0.25) is 5.88 Å². The van der Waals surface area contributed by atoms with Crippen LogP contribution in [0.3, 0.4) is 0 Å². The quantitative estimate of drug-likeness (QED) is 0.787. The van der Waals surface area contributed by atoms with Gasteiger partial charge >= 0.3 is 5.97 Å². The van der Waals surface area contributed by atoms with Crippen molar-refractivity contribution in [2.75, 3.05) is 19.7 Å². The Morgan fingerprint density at radius 3 is 2.70 bits per heavy atom. The molecule has 1 heterocycles. The van der Waals surface area contributed by atoms with E-state index in [1.807, 2.05) is 13.8 Å². The first-order chi connectivity index (χ1) is 10.9. The highest BCUT2D eigenvalue weighted by Crippen LogP contribution is 2.31. The van der Waals surface area contributed by atoms with Gasteiger partial charge in [-0.3, -0.25) is 9.59 Å². The third-order valence-corrected chi connectivity index (χ3v) is 3.68. The first-order valence-corrected chi connectivity index (χ1v) is 8.04. The van der Waals surface area contributed by atoms with E-state index in [2.05, 4.69) is 4.98 Å². The molecule has 0 spiro atoms. The lowest BCUT2D eigenvalue weighted by molar-refractivity contribution is -0.137. The van der Waals surface area contributed by atoms with E-state index in [4.69, 9.17) is 21.4 Å². The molecule has 6 nitrogen and oxygen atoms in total. The van der Waals surface area contributed by atoms with Gasteiger partial charge in [0.25, 0.3) is 5.91 Å². The van der Waals surface area contributed by atoms with E-state index in [0.717, 1.165) is 12.8 Å². The Kier molecular flexibility index (Phi) is 5.82. The van der Waals surface area contributed by atoms with Crippen molar-refractivity contribution in [3.63, 3.8) is 0 Å². The molecule has 1 aromatic heterocycles. The number of hydrogen-bond donors (Lipinski definition) is 1. The number of halogens is 1. The van der Waals surface area contributed by atoms with E-state index in [1.54, 1.807) is 0 Å².